The summed E-state index contributed by atoms with van der Waals surface area (Å²) in [5.41, 5.74) is 3.16. The first-order chi connectivity index (χ1) is 9.61. The number of nitrogens with zero attached hydrogens (tertiary/aromatic N) is 2. The summed E-state index contributed by atoms with van der Waals surface area (Å²) in [5, 5.41) is 21.0. The predicted octanol–water partition coefficient (Wildman–Crippen LogP) is 4.08. The number of hydrogen-bond acceptors (Lipinski definition) is 3. The van der Waals surface area contributed by atoms with Crippen LogP contribution in [0, 0.1) is 21.4 Å². The summed E-state index contributed by atoms with van der Waals surface area (Å²) in [5.74, 6) is -0.379. The highest BCUT2D eigenvalue weighted by atomic mass is 35.5. The van der Waals surface area contributed by atoms with Gasteiger partial charge in [-0.1, -0.05) is 29.8 Å². The molecule has 1 aliphatic rings. The quantitative estimate of drug-likeness (QED) is 0.585. The van der Waals surface area contributed by atoms with E-state index in [1.807, 2.05) is 12.1 Å². The van der Waals surface area contributed by atoms with Gasteiger partial charge >= 0.3 is 0 Å². The molecule has 0 bridgehead atoms. The first kappa shape index (κ1) is 12.6. The molecule has 4 nitrogen and oxygen atoms in total. The molecule has 0 fully saturated rings. The topological polar surface area (TPSA) is 66.9 Å². The maximum atomic E-state index is 11.1. The van der Waals surface area contributed by atoms with Crippen molar-refractivity contribution in [2.24, 2.45) is 0 Å². The van der Waals surface area contributed by atoms with E-state index in [9.17, 15) is 15.4 Å². The molecule has 0 aromatic heterocycles. The van der Waals surface area contributed by atoms with Crippen LogP contribution in [0.5, 0.6) is 0 Å². The average molecular weight is 285 g/mol. The number of halogens is 1. The zero-order valence-corrected chi connectivity index (χ0v) is 11.1. The number of hydrogen-bond donors (Lipinski definition) is 0. The fourth-order valence-corrected chi connectivity index (χ4v) is 2.88. The Balaban J connectivity index is 2.33. The number of nitro groups is 1. The van der Waals surface area contributed by atoms with Crippen molar-refractivity contribution in [3.8, 4) is 17.2 Å². The third-order valence-electron chi connectivity index (χ3n) is 3.59. The molecule has 3 rings (SSSR count). The van der Waals surface area contributed by atoms with Crippen LogP contribution in [-0.4, -0.2) is 4.92 Å². The second kappa shape index (κ2) is 4.62. The van der Waals surface area contributed by atoms with Crippen LogP contribution < -0.4 is 0 Å². The minimum Gasteiger partial charge on any atom is -0.258 e. The second-order valence-electron chi connectivity index (χ2n) is 4.68. The molecule has 2 aromatic carbocycles. The molecule has 0 unspecified atom stereocenters. The van der Waals surface area contributed by atoms with E-state index in [4.69, 9.17) is 11.6 Å². The Bertz CT molecular complexity index is 765. The summed E-state index contributed by atoms with van der Waals surface area (Å²) in [4.78, 5) is 10.7. The molecule has 0 saturated heterocycles. The zero-order chi connectivity index (χ0) is 14.3. The Morgan fingerprint density at radius 1 is 1.30 bits per heavy atom. The highest BCUT2D eigenvalue weighted by Crippen LogP contribution is 2.43. The normalized spacial score (nSPS) is 15.9. The average Bonchev–Trinajstić information content (AvgIpc) is 2.45. The van der Waals surface area contributed by atoms with E-state index in [0.717, 1.165) is 16.7 Å². The van der Waals surface area contributed by atoms with Gasteiger partial charge in [-0.2, -0.15) is 5.26 Å². The molecular formula is C15H9ClN2O2. The monoisotopic (exact) mass is 284 g/mol. The van der Waals surface area contributed by atoms with Gasteiger partial charge in [0.05, 0.1) is 16.9 Å². The smallest absolute Gasteiger partial charge is 0.258 e. The van der Waals surface area contributed by atoms with Crippen LogP contribution in [-0.2, 0) is 6.42 Å². The summed E-state index contributed by atoms with van der Waals surface area (Å²) in [6.45, 7) is 0. The van der Waals surface area contributed by atoms with Gasteiger partial charge in [0, 0.05) is 16.7 Å². The molecule has 1 atom stereocenters. The Kier molecular flexibility index (Phi) is 2.92. The van der Waals surface area contributed by atoms with Crippen LogP contribution in [0.1, 0.15) is 17.0 Å². The van der Waals surface area contributed by atoms with E-state index < -0.39 is 4.92 Å². The largest absolute Gasteiger partial charge is 0.273 e. The van der Waals surface area contributed by atoms with Gasteiger partial charge in [-0.05, 0) is 35.2 Å². The van der Waals surface area contributed by atoms with Crippen LogP contribution >= 0.6 is 11.6 Å². The molecule has 0 radical (unpaired) electrons. The fourth-order valence-electron chi connectivity index (χ4n) is 2.71. The number of rotatable bonds is 1. The Labute approximate surface area is 120 Å². The molecular weight excluding hydrogens is 276 g/mol. The fraction of sp³-hybridized carbons (Fsp3) is 0.133. The summed E-state index contributed by atoms with van der Waals surface area (Å²) in [7, 11) is 0. The van der Waals surface area contributed by atoms with Gasteiger partial charge in [-0.3, -0.25) is 10.1 Å². The van der Waals surface area contributed by atoms with Crippen LogP contribution in [0.4, 0.5) is 5.69 Å². The van der Waals surface area contributed by atoms with Crippen molar-refractivity contribution in [3.63, 3.8) is 0 Å². The third kappa shape index (κ3) is 1.84. The molecule has 20 heavy (non-hydrogen) atoms. The number of benzene rings is 2. The highest BCUT2D eigenvalue weighted by Gasteiger charge is 2.29. The molecule has 5 heteroatoms. The van der Waals surface area contributed by atoms with Gasteiger partial charge in [0.1, 0.15) is 0 Å². The van der Waals surface area contributed by atoms with Crippen molar-refractivity contribution in [2.45, 2.75) is 12.3 Å². The Morgan fingerprint density at radius 2 is 2.10 bits per heavy atom. The third-order valence-corrected chi connectivity index (χ3v) is 3.83. The second-order valence-corrected chi connectivity index (χ2v) is 5.11. The van der Waals surface area contributed by atoms with E-state index in [-0.39, 0.29) is 11.6 Å². The summed E-state index contributed by atoms with van der Waals surface area (Å²) in [6.07, 6.45) is 0.359. The summed E-state index contributed by atoms with van der Waals surface area (Å²) >= 11 is 6.02. The van der Waals surface area contributed by atoms with Gasteiger partial charge in [0.2, 0.25) is 0 Å². The highest BCUT2D eigenvalue weighted by molar-refractivity contribution is 6.31. The van der Waals surface area contributed by atoms with Crippen molar-refractivity contribution in [1.82, 2.24) is 0 Å². The van der Waals surface area contributed by atoms with E-state index in [1.54, 1.807) is 18.2 Å². The van der Waals surface area contributed by atoms with Gasteiger partial charge in [-0.15, -0.1) is 0 Å². The van der Waals surface area contributed by atoms with Gasteiger partial charge < -0.3 is 0 Å². The summed E-state index contributed by atoms with van der Waals surface area (Å²) < 4.78 is 0. The van der Waals surface area contributed by atoms with Crippen LogP contribution in [0.3, 0.4) is 0 Å². The number of fused-ring (bicyclic) bond motifs is 3. The van der Waals surface area contributed by atoms with E-state index >= 15 is 0 Å². The SMILES string of the molecule is N#C[C@@H]1Cc2c(cccc2[N+](=O)[O-])-c2cc(Cl)ccc21. The summed E-state index contributed by atoms with van der Waals surface area (Å²) in [6, 6.07) is 12.5. The molecule has 0 heterocycles. The lowest BCUT2D eigenvalue weighted by molar-refractivity contribution is -0.385. The molecule has 0 N–H and O–H groups in total. The molecule has 0 saturated carbocycles. The first-order valence-electron chi connectivity index (χ1n) is 6.07. The molecule has 2 aromatic rings. The molecule has 0 aliphatic heterocycles. The Hall–Kier alpha value is -2.38. The van der Waals surface area contributed by atoms with Crippen LogP contribution in [0.2, 0.25) is 5.02 Å². The zero-order valence-electron chi connectivity index (χ0n) is 10.3. The predicted molar refractivity (Wildman–Crippen MR) is 75.6 cm³/mol. The van der Waals surface area contributed by atoms with Crippen molar-refractivity contribution >= 4 is 17.3 Å². The van der Waals surface area contributed by atoms with Crippen LogP contribution in [0.25, 0.3) is 11.1 Å². The van der Waals surface area contributed by atoms with Gasteiger partial charge in [0.15, 0.2) is 0 Å². The van der Waals surface area contributed by atoms with Crippen molar-refractivity contribution in [3.05, 3.63) is 62.7 Å². The van der Waals surface area contributed by atoms with Gasteiger partial charge in [-0.25, -0.2) is 0 Å². The first-order valence-corrected chi connectivity index (χ1v) is 6.45. The number of nitriles is 1. The van der Waals surface area contributed by atoms with Crippen molar-refractivity contribution in [2.75, 3.05) is 0 Å². The van der Waals surface area contributed by atoms with Crippen molar-refractivity contribution < 1.29 is 4.92 Å². The lowest BCUT2D eigenvalue weighted by Crippen LogP contribution is -2.11. The number of nitro benzene ring substituents is 1. The minimum atomic E-state index is -0.400. The van der Waals surface area contributed by atoms with Gasteiger partial charge in [0.25, 0.3) is 5.69 Å². The maximum Gasteiger partial charge on any atom is 0.273 e. The van der Waals surface area contributed by atoms with Crippen LogP contribution in [0.15, 0.2) is 36.4 Å². The lowest BCUT2D eigenvalue weighted by atomic mass is 9.79. The standard InChI is InChI=1S/C15H9ClN2O2/c16-10-4-5-11-9(8-17)6-14-12(13(11)7-10)2-1-3-15(14)18(19)20/h1-5,7,9H,6H2/t9-/m0/s1. The molecule has 98 valence electrons. The lowest BCUT2D eigenvalue weighted by Gasteiger charge is -2.23. The van der Waals surface area contributed by atoms with E-state index in [1.165, 1.54) is 6.07 Å². The molecule has 0 amide bonds. The Morgan fingerprint density at radius 3 is 2.80 bits per heavy atom. The van der Waals surface area contributed by atoms with Crippen molar-refractivity contribution in [1.29, 1.82) is 5.26 Å². The maximum absolute atomic E-state index is 11.1. The minimum absolute atomic E-state index is 0.0633. The molecule has 0 spiro atoms. The van der Waals surface area contributed by atoms with E-state index in [2.05, 4.69) is 6.07 Å². The van der Waals surface area contributed by atoms with E-state index in [0.29, 0.717) is 17.0 Å². The molecule has 1 aliphatic carbocycles.